The molecule has 4 aromatic carbocycles. The van der Waals surface area contributed by atoms with Crippen LogP contribution in [0.4, 0.5) is 5.69 Å². The molecule has 4 amide bonds. The summed E-state index contributed by atoms with van der Waals surface area (Å²) in [5.74, 6) is 0.381. The van der Waals surface area contributed by atoms with Gasteiger partial charge in [-0.15, -0.1) is 11.6 Å². The fraction of sp³-hybridized carbons (Fsp3) is 0.302. The normalized spacial score (nSPS) is 15.8. The highest BCUT2D eigenvalue weighted by molar-refractivity contribution is 6.18. The van der Waals surface area contributed by atoms with Crippen LogP contribution < -0.4 is 15.4 Å². The molecular formula is C43H45ClN4O5. The Hall–Kier alpha value is -5.41. The van der Waals surface area contributed by atoms with Crippen LogP contribution in [0.2, 0.25) is 0 Å². The van der Waals surface area contributed by atoms with E-state index in [1.807, 2.05) is 60.7 Å². The van der Waals surface area contributed by atoms with E-state index in [4.69, 9.17) is 16.3 Å². The van der Waals surface area contributed by atoms with E-state index in [0.717, 1.165) is 52.1 Å². The quantitative estimate of drug-likeness (QED) is 0.0548. The minimum atomic E-state index is -0.648. The highest BCUT2D eigenvalue weighted by atomic mass is 35.5. The van der Waals surface area contributed by atoms with E-state index in [9.17, 15) is 19.2 Å². The molecule has 0 spiro atoms. The molecule has 0 aliphatic carbocycles. The van der Waals surface area contributed by atoms with Crippen molar-refractivity contribution in [2.75, 3.05) is 37.9 Å². The number of benzene rings is 4. The molecule has 1 unspecified atom stereocenters. The Morgan fingerprint density at radius 2 is 1.57 bits per heavy atom. The standard InChI is InChI=1S/C43H45ClN4O5/c1-47(40(50)17-8-9-26-45-37-16-10-15-35-36(37)29-48(43(35)52)38-22-23-39(49)46-42(38)51)27-28-53-33-20-18-32(19-21-33)41(31-13-6-3-7-14-31)34(24-25-44)30-11-4-2-5-12-30/h2-7,10-16,18-21,38,45H,8-9,17,22-29H2,1H3,(H,46,49,51). The van der Waals surface area contributed by atoms with Crippen LogP contribution in [0.1, 0.15) is 71.1 Å². The molecule has 53 heavy (non-hydrogen) atoms. The van der Waals surface area contributed by atoms with Crippen LogP contribution in [-0.4, -0.2) is 72.1 Å². The lowest BCUT2D eigenvalue weighted by atomic mass is 9.88. The van der Waals surface area contributed by atoms with Gasteiger partial charge in [-0.2, -0.15) is 0 Å². The first-order valence-electron chi connectivity index (χ1n) is 18.2. The number of likely N-dealkylation sites (N-methyl/N-ethyl adjacent to an activating group) is 1. The average Bonchev–Trinajstić information content (AvgIpc) is 3.52. The van der Waals surface area contributed by atoms with Crippen LogP contribution in [0, 0.1) is 0 Å². The zero-order valence-corrected chi connectivity index (χ0v) is 30.7. The Balaban J connectivity index is 0.961. The number of unbranched alkanes of at least 4 members (excludes halogenated alkanes) is 1. The van der Waals surface area contributed by atoms with Gasteiger partial charge in [0.15, 0.2) is 0 Å². The maximum Gasteiger partial charge on any atom is 0.255 e. The maximum atomic E-state index is 13.1. The Kier molecular flexibility index (Phi) is 12.6. The maximum absolute atomic E-state index is 13.1. The van der Waals surface area contributed by atoms with Crippen molar-refractivity contribution < 1.29 is 23.9 Å². The molecule has 0 bridgehead atoms. The number of hydrogen-bond donors (Lipinski definition) is 2. The van der Waals surface area contributed by atoms with Crippen molar-refractivity contribution in [2.24, 2.45) is 0 Å². The van der Waals surface area contributed by atoms with Crippen molar-refractivity contribution in [2.45, 2.75) is 51.1 Å². The third kappa shape index (κ3) is 9.15. The summed E-state index contributed by atoms with van der Waals surface area (Å²) >= 11 is 6.30. The zero-order valence-electron chi connectivity index (χ0n) is 30.0. The summed E-state index contributed by atoms with van der Waals surface area (Å²) in [6, 6.07) is 33.7. The Labute approximate surface area is 316 Å². The van der Waals surface area contributed by atoms with Crippen LogP contribution in [0.15, 0.2) is 103 Å². The van der Waals surface area contributed by atoms with Crippen molar-refractivity contribution in [3.05, 3.63) is 131 Å². The van der Waals surface area contributed by atoms with Crippen LogP contribution in [0.5, 0.6) is 5.75 Å². The van der Waals surface area contributed by atoms with Crippen molar-refractivity contribution in [1.82, 2.24) is 15.1 Å². The number of fused-ring (bicyclic) bond motifs is 1. The van der Waals surface area contributed by atoms with Gasteiger partial charge in [0.2, 0.25) is 17.7 Å². The van der Waals surface area contributed by atoms with Gasteiger partial charge in [-0.3, -0.25) is 24.5 Å². The smallest absolute Gasteiger partial charge is 0.255 e. The molecule has 2 heterocycles. The zero-order chi connectivity index (χ0) is 37.2. The molecule has 0 saturated carbocycles. The van der Waals surface area contributed by atoms with Gasteiger partial charge >= 0.3 is 0 Å². The van der Waals surface area contributed by atoms with Gasteiger partial charge in [0.05, 0.1) is 6.54 Å². The van der Waals surface area contributed by atoms with Gasteiger partial charge in [-0.25, -0.2) is 0 Å². The van der Waals surface area contributed by atoms with E-state index in [2.05, 4.69) is 47.0 Å². The third-order valence-corrected chi connectivity index (χ3v) is 10.00. The molecule has 2 N–H and O–H groups in total. The molecule has 274 valence electrons. The van der Waals surface area contributed by atoms with Gasteiger partial charge in [-0.1, -0.05) is 78.9 Å². The SMILES string of the molecule is CN(CCOc1ccc(C(=C(CCCl)c2ccccc2)c2ccccc2)cc1)C(=O)CCCCNc1cccc2c1CN(C1CCC(=O)NC1=O)C2=O. The molecule has 10 heteroatoms. The van der Waals surface area contributed by atoms with E-state index >= 15 is 0 Å². The molecule has 2 aliphatic rings. The average molecular weight is 733 g/mol. The van der Waals surface area contributed by atoms with E-state index in [-0.39, 0.29) is 24.1 Å². The lowest BCUT2D eigenvalue weighted by molar-refractivity contribution is -0.137. The summed E-state index contributed by atoms with van der Waals surface area (Å²) in [6.07, 6.45) is 3.18. The molecule has 9 nitrogen and oxygen atoms in total. The van der Waals surface area contributed by atoms with Gasteiger partial charge in [-0.05, 0) is 77.8 Å². The summed E-state index contributed by atoms with van der Waals surface area (Å²) in [7, 11) is 1.80. The molecule has 1 saturated heterocycles. The number of hydrogen-bond acceptors (Lipinski definition) is 6. The minimum Gasteiger partial charge on any atom is -0.492 e. The fourth-order valence-corrected chi connectivity index (χ4v) is 7.17. The monoisotopic (exact) mass is 732 g/mol. The van der Waals surface area contributed by atoms with Crippen molar-refractivity contribution in [3.8, 4) is 5.75 Å². The lowest BCUT2D eigenvalue weighted by Crippen LogP contribution is -2.52. The second-order valence-corrected chi connectivity index (χ2v) is 13.7. The Morgan fingerprint density at radius 1 is 0.868 bits per heavy atom. The number of piperidine rings is 1. The van der Waals surface area contributed by atoms with Gasteiger partial charge < -0.3 is 19.9 Å². The first-order valence-corrected chi connectivity index (χ1v) is 18.7. The fourth-order valence-electron chi connectivity index (χ4n) is 6.98. The van der Waals surface area contributed by atoms with Gasteiger partial charge in [0.25, 0.3) is 5.91 Å². The summed E-state index contributed by atoms with van der Waals surface area (Å²) < 4.78 is 6.05. The number of nitrogens with one attached hydrogen (secondary N) is 2. The molecule has 1 atom stereocenters. The lowest BCUT2D eigenvalue weighted by Gasteiger charge is -2.29. The third-order valence-electron chi connectivity index (χ3n) is 9.81. The van der Waals surface area contributed by atoms with Crippen molar-refractivity contribution >= 4 is 52.1 Å². The molecular weight excluding hydrogens is 688 g/mol. The van der Waals surface area contributed by atoms with Crippen LogP contribution >= 0.6 is 11.6 Å². The number of carbonyl (C=O) groups excluding carboxylic acids is 4. The number of amides is 4. The number of nitrogens with zero attached hydrogens (tertiary/aromatic N) is 2. The number of alkyl halides is 1. The van der Waals surface area contributed by atoms with Crippen LogP contribution in [0.25, 0.3) is 11.1 Å². The van der Waals surface area contributed by atoms with Crippen molar-refractivity contribution in [3.63, 3.8) is 0 Å². The number of allylic oxidation sites excluding steroid dienone is 1. The van der Waals surface area contributed by atoms with Crippen molar-refractivity contribution in [1.29, 1.82) is 0 Å². The molecule has 2 aliphatic heterocycles. The van der Waals surface area contributed by atoms with Gasteiger partial charge in [0, 0.05) is 55.7 Å². The minimum absolute atomic E-state index is 0.0559. The molecule has 4 aromatic rings. The summed E-state index contributed by atoms with van der Waals surface area (Å²) in [5.41, 5.74) is 7.95. The van der Waals surface area contributed by atoms with E-state index in [0.29, 0.717) is 56.9 Å². The van der Waals surface area contributed by atoms with Crippen LogP contribution in [0.3, 0.4) is 0 Å². The Bertz CT molecular complexity index is 1950. The number of imide groups is 1. The summed E-state index contributed by atoms with van der Waals surface area (Å²) in [6.45, 7) is 1.79. The van der Waals surface area contributed by atoms with E-state index < -0.39 is 11.9 Å². The predicted octanol–water partition coefficient (Wildman–Crippen LogP) is 7.16. The molecule has 6 rings (SSSR count). The summed E-state index contributed by atoms with van der Waals surface area (Å²) in [4.78, 5) is 53.2. The highest BCUT2D eigenvalue weighted by Crippen LogP contribution is 2.36. The number of carbonyl (C=O) groups is 4. The molecule has 0 radical (unpaired) electrons. The number of ether oxygens (including phenoxy) is 1. The Morgan fingerprint density at radius 3 is 2.26 bits per heavy atom. The topological polar surface area (TPSA) is 108 Å². The van der Waals surface area contributed by atoms with E-state index in [1.165, 1.54) is 5.57 Å². The number of anilines is 1. The second kappa shape index (κ2) is 17.9. The van der Waals surface area contributed by atoms with Crippen LogP contribution in [-0.2, 0) is 20.9 Å². The summed E-state index contributed by atoms with van der Waals surface area (Å²) in [5, 5.41) is 5.76. The highest BCUT2D eigenvalue weighted by Gasteiger charge is 2.39. The number of halogens is 1. The first-order chi connectivity index (χ1) is 25.8. The first kappa shape index (κ1) is 37.4. The van der Waals surface area contributed by atoms with Gasteiger partial charge in [0.1, 0.15) is 18.4 Å². The number of rotatable bonds is 16. The predicted molar refractivity (Wildman–Crippen MR) is 209 cm³/mol. The van der Waals surface area contributed by atoms with E-state index in [1.54, 1.807) is 22.9 Å². The molecule has 0 aromatic heterocycles. The largest absolute Gasteiger partial charge is 0.492 e. The second-order valence-electron chi connectivity index (χ2n) is 13.3. The molecule has 1 fully saturated rings.